The third-order valence-electron chi connectivity index (χ3n) is 3.90. The Balaban J connectivity index is 1.93. The van der Waals surface area contributed by atoms with Crippen LogP contribution < -0.4 is 10.1 Å². The number of nitrogens with one attached hydrogen (secondary N) is 1. The topological polar surface area (TPSA) is 30.5 Å². The summed E-state index contributed by atoms with van der Waals surface area (Å²) < 4.78 is 11.3. The average molecular weight is 263 g/mol. The van der Waals surface area contributed by atoms with Gasteiger partial charge in [-0.2, -0.15) is 0 Å². The molecule has 3 nitrogen and oxygen atoms in total. The summed E-state index contributed by atoms with van der Waals surface area (Å²) in [7, 11) is 0. The van der Waals surface area contributed by atoms with Gasteiger partial charge in [0.2, 0.25) is 0 Å². The summed E-state index contributed by atoms with van der Waals surface area (Å²) >= 11 is 0. The van der Waals surface area contributed by atoms with Crippen molar-refractivity contribution in [2.24, 2.45) is 5.92 Å². The molecule has 0 amide bonds. The summed E-state index contributed by atoms with van der Waals surface area (Å²) in [5, 5.41) is 3.61. The molecule has 0 radical (unpaired) electrons. The Morgan fingerprint density at radius 1 is 1.42 bits per heavy atom. The van der Waals surface area contributed by atoms with Gasteiger partial charge in [-0.05, 0) is 39.2 Å². The predicted molar refractivity (Wildman–Crippen MR) is 77.5 cm³/mol. The van der Waals surface area contributed by atoms with Crippen LogP contribution in [0.25, 0.3) is 0 Å². The van der Waals surface area contributed by atoms with Crippen LogP contribution in [0.2, 0.25) is 0 Å². The number of hydrogen-bond donors (Lipinski definition) is 1. The van der Waals surface area contributed by atoms with Crippen LogP contribution in [-0.4, -0.2) is 25.9 Å². The second-order valence-electron chi connectivity index (χ2n) is 5.23. The van der Waals surface area contributed by atoms with Crippen molar-refractivity contribution < 1.29 is 9.47 Å². The highest BCUT2D eigenvalue weighted by Gasteiger charge is 2.24. The molecule has 3 unspecified atom stereocenters. The molecule has 1 aromatic carbocycles. The molecule has 1 heterocycles. The molecular formula is C16H25NO2. The molecule has 106 valence electrons. The first-order valence-corrected chi connectivity index (χ1v) is 7.29. The first-order chi connectivity index (χ1) is 9.22. The first kappa shape index (κ1) is 14.4. The second-order valence-corrected chi connectivity index (χ2v) is 5.23. The van der Waals surface area contributed by atoms with Gasteiger partial charge in [0.25, 0.3) is 0 Å². The zero-order chi connectivity index (χ0) is 13.7. The highest BCUT2D eigenvalue weighted by molar-refractivity contribution is 5.35. The van der Waals surface area contributed by atoms with Crippen LogP contribution in [0.5, 0.6) is 5.75 Å². The van der Waals surface area contributed by atoms with Gasteiger partial charge >= 0.3 is 0 Å². The maximum atomic E-state index is 5.69. The van der Waals surface area contributed by atoms with E-state index < -0.39 is 0 Å². The predicted octanol–water partition coefficient (Wildman–Crippen LogP) is 3.16. The summed E-state index contributed by atoms with van der Waals surface area (Å²) in [5.41, 5.74) is 1.23. The fraction of sp³-hybridized carbons (Fsp3) is 0.625. The van der Waals surface area contributed by atoms with Gasteiger partial charge in [-0.3, -0.25) is 0 Å². The van der Waals surface area contributed by atoms with E-state index in [0.29, 0.717) is 24.7 Å². The average Bonchev–Trinajstić information content (AvgIpc) is 2.82. The number of rotatable bonds is 6. The molecule has 1 aliphatic heterocycles. The molecule has 0 spiro atoms. The molecule has 3 heteroatoms. The van der Waals surface area contributed by atoms with E-state index in [1.165, 1.54) is 5.56 Å². The lowest BCUT2D eigenvalue weighted by Crippen LogP contribution is -2.29. The molecule has 2 rings (SSSR count). The van der Waals surface area contributed by atoms with Crippen molar-refractivity contribution in [1.82, 2.24) is 5.32 Å². The van der Waals surface area contributed by atoms with Crippen LogP contribution in [0.3, 0.4) is 0 Å². The monoisotopic (exact) mass is 263 g/mol. The van der Waals surface area contributed by atoms with Crippen LogP contribution in [0, 0.1) is 5.92 Å². The van der Waals surface area contributed by atoms with Crippen molar-refractivity contribution in [2.45, 2.75) is 39.3 Å². The molecule has 1 aliphatic rings. The third kappa shape index (κ3) is 3.71. The molecule has 0 aromatic heterocycles. The van der Waals surface area contributed by atoms with Gasteiger partial charge in [0, 0.05) is 24.8 Å². The van der Waals surface area contributed by atoms with Crippen molar-refractivity contribution in [3.8, 4) is 5.75 Å². The molecule has 0 saturated carbocycles. The normalized spacial score (nSPS) is 24.4. The second kappa shape index (κ2) is 6.92. The highest BCUT2D eigenvalue weighted by atomic mass is 16.5. The van der Waals surface area contributed by atoms with Crippen molar-refractivity contribution in [1.29, 1.82) is 0 Å². The molecule has 1 N–H and O–H groups in total. The highest BCUT2D eigenvalue weighted by Crippen LogP contribution is 2.26. The Labute approximate surface area is 116 Å². The zero-order valence-corrected chi connectivity index (χ0v) is 12.2. The molecule has 1 saturated heterocycles. The summed E-state index contributed by atoms with van der Waals surface area (Å²) in [6.45, 7) is 8.99. The first-order valence-electron chi connectivity index (χ1n) is 7.29. The van der Waals surface area contributed by atoms with Crippen molar-refractivity contribution in [2.75, 3.05) is 19.8 Å². The van der Waals surface area contributed by atoms with E-state index in [1.807, 2.05) is 19.1 Å². The minimum atomic E-state index is 0.301. The standard InChI is InChI=1S/C16H25NO2/c1-4-18-16-8-6-5-7-15(16)12(2)17-11-14-9-10-19-13(14)3/h5-8,12-14,17H,4,9-11H2,1-3H3. The summed E-state index contributed by atoms with van der Waals surface area (Å²) in [6.07, 6.45) is 1.54. The van der Waals surface area contributed by atoms with Gasteiger partial charge < -0.3 is 14.8 Å². The van der Waals surface area contributed by atoms with Crippen LogP contribution in [0.4, 0.5) is 0 Å². The van der Waals surface area contributed by atoms with Gasteiger partial charge in [-0.25, -0.2) is 0 Å². The van der Waals surface area contributed by atoms with Gasteiger partial charge in [-0.15, -0.1) is 0 Å². The van der Waals surface area contributed by atoms with E-state index in [-0.39, 0.29) is 0 Å². The number of benzene rings is 1. The molecule has 0 aliphatic carbocycles. The van der Waals surface area contributed by atoms with Gasteiger partial charge in [0.1, 0.15) is 5.75 Å². The SMILES string of the molecule is CCOc1ccccc1C(C)NCC1CCOC1C. The maximum absolute atomic E-state index is 5.69. The van der Waals surface area contributed by atoms with E-state index in [1.54, 1.807) is 0 Å². The minimum Gasteiger partial charge on any atom is -0.494 e. The lowest BCUT2D eigenvalue weighted by molar-refractivity contribution is 0.105. The quantitative estimate of drug-likeness (QED) is 0.855. The van der Waals surface area contributed by atoms with E-state index in [2.05, 4.69) is 31.3 Å². The van der Waals surface area contributed by atoms with E-state index in [4.69, 9.17) is 9.47 Å². The number of hydrogen-bond acceptors (Lipinski definition) is 3. The molecule has 0 bridgehead atoms. The van der Waals surface area contributed by atoms with Crippen LogP contribution in [0.15, 0.2) is 24.3 Å². The summed E-state index contributed by atoms with van der Waals surface area (Å²) in [4.78, 5) is 0. The Morgan fingerprint density at radius 2 is 2.21 bits per heavy atom. The van der Waals surface area contributed by atoms with Crippen molar-refractivity contribution >= 4 is 0 Å². The molecular weight excluding hydrogens is 238 g/mol. The van der Waals surface area contributed by atoms with Crippen molar-refractivity contribution in [3.63, 3.8) is 0 Å². The summed E-state index contributed by atoms with van der Waals surface area (Å²) in [5.74, 6) is 1.61. The van der Waals surface area contributed by atoms with Crippen LogP contribution in [0.1, 0.15) is 38.8 Å². The largest absolute Gasteiger partial charge is 0.494 e. The Bertz CT molecular complexity index is 394. The lowest BCUT2D eigenvalue weighted by atomic mass is 10.0. The molecule has 19 heavy (non-hydrogen) atoms. The van der Waals surface area contributed by atoms with Gasteiger partial charge in [0.05, 0.1) is 12.7 Å². The number of para-hydroxylation sites is 1. The van der Waals surface area contributed by atoms with Gasteiger partial charge in [0.15, 0.2) is 0 Å². The maximum Gasteiger partial charge on any atom is 0.124 e. The van der Waals surface area contributed by atoms with Crippen LogP contribution >= 0.6 is 0 Å². The molecule has 3 atom stereocenters. The van der Waals surface area contributed by atoms with E-state index in [0.717, 1.165) is 25.3 Å². The minimum absolute atomic E-state index is 0.301. The molecule has 1 aromatic rings. The smallest absolute Gasteiger partial charge is 0.124 e. The van der Waals surface area contributed by atoms with Crippen LogP contribution in [-0.2, 0) is 4.74 Å². The fourth-order valence-electron chi connectivity index (χ4n) is 2.61. The summed E-state index contributed by atoms with van der Waals surface area (Å²) in [6, 6.07) is 8.57. The van der Waals surface area contributed by atoms with Gasteiger partial charge in [-0.1, -0.05) is 18.2 Å². The Kier molecular flexibility index (Phi) is 5.23. The Morgan fingerprint density at radius 3 is 2.89 bits per heavy atom. The third-order valence-corrected chi connectivity index (χ3v) is 3.90. The van der Waals surface area contributed by atoms with E-state index >= 15 is 0 Å². The Hall–Kier alpha value is -1.06. The fourth-order valence-corrected chi connectivity index (χ4v) is 2.61. The number of ether oxygens (including phenoxy) is 2. The molecule has 1 fully saturated rings. The van der Waals surface area contributed by atoms with Crippen molar-refractivity contribution in [3.05, 3.63) is 29.8 Å². The van der Waals surface area contributed by atoms with E-state index in [9.17, 15) is 0 Å². The zero-order valence-electron chi connectivity index (χ0n) is 12.2. The lowest BCUT2D eigenvalue weighted by Gasteiger charge is -2.21.